The van der Waals surface area contributed by atoms with E-state index in [1.807, 2.05) is 0 Å². The lowest BCUT2D eigenvalue weighted by Gasteiger charge is -2.30. The van der Waals surface area contributed by atoms with Gasteiger partial charge in [-0.3, -0.25) is 9.59 Å². The van der Waals surface area contributed by atoms with Crippen molar-refractivity contribution in [1.82, 2.24) is 4.90 Å². The summed E-state index contributed by atoms with van der Waals surface area (Å²) in [6.07, 6.45) is -2.42. The Bertz CT molecular complexity index is 682. The lowest BCUT2D eigenvalue weighted by atomic mass is 10.0. The SMILES string of the molecule is NC1CCN(C(=O)c2cc(N3CCCC3=O)cc(C(F)(F)F)c2)CC1. The fourth-order valence-corrected chi connectivity index (χ4v) is 3.26. The van der Waals surface area contributed by atoms with E-state index < -0.39 is 17.6 Å². The number of halogens is 3. The summed E-state index contributed by atoms with van der Waals surface area (Å²) in [5.74, 6) is -0.674. The number of hydrogen-bond acceptors (Lipinski definition) is 3. The molecule has 2 aliphatic heterocycles. The smallest absolute Gasteiger partial charge is 0.339 e. The Balaban J connectivity index is 1.94. The van der Waals surface area contributed by atoms with Crippen LogP contribution in [-0.4, -0.2) is 42.4 Å². The van der Waals surface area contributed by atoms with E-state index in [2.05, 4.69) is 0 Å². The first-order valence-corrected chi connectivity index (χ1v) is 8.33. The van der Waals surface area contributed by atoms with Gasteiger partial charge in [0.2, 0.25) is 5.91 Å². The van der Waals surface area contributed by atoms with Gasteiger partial charge in [-0.25, -0.2) is 0 Å². The zero-order valence-electron chi connectivity index (χ0n) is 13.7. The monoisotopic (exact) mass is 355 g/mol. The van der Waals surface area contributed by atoms with E-state index in [1.165, 1.54) is 15.9 Å². The van der Waals surface area contributed by atoms with Crippen LogP contribution < -0.4 is 10.6 Å². The number of anilines is 1. The Morgan fingerprint density at radius 2 is 1.80 bits per heavy atom. The molecule has 5 nitrogen and oxygen atoms in total. The molecule has 2 N–H and O–H groups in total. The number of piperidine rings is 1. The molecule has 8 heteroatoms. The minimum atomic E-state index is -4.59. The molecule has 2 aliphatic rings. The molecule has 0 unspecified atom stereocenters. The van der Waals surface area contributed by atoms with Gasteiger partial charge in [0, 0.05) is 43.3 Å². The van der Waals surface area contributed by atoms with Crippen LogP contribution in [0.2, 0.25) is 0 Å². The standard InChI is InChI=1S/C17H20F3N3O2/c18-17(19,20)12-8-11(16(25)22-6-3-13(21)4-7-22)9-14(10-12)23-5-1-2-15(23)24/h8-10,13H,1-7,21H2. The summed E-state index contributed by atoms with van der Waals surface area (Å²) in [5, 5.41) is 0. The maximum absolute atomic E-state index is 13.2. The van der Waals surface area contributed by atoms with Crippen LogP contribution >= 0.6 is 0 Å². The Morgan fingerprint density at radius 3 is 2.36 bits per heavy atom. The molecule has 2 fully saturated rings. The highest BCUT2D eigenvalue weighted by molar-refractivity contribution is 5.99. The van der Waals surface area contributed by atoms with Gasteiger partial charge in [-0.1, -0.05) is 0 Å². The van der Waals surface area contributed by atoms with Gasteiger partial charge in [0.25, 0.3) is 5.91 Å². The molecule has 0 aliphatic carbocycles. The largest absolute Gasteiger partial charge is 0.416 e. The number of rotatable bonds is 2. The molecule has 2 heterocycles. The molecular formula is C17H20F3N3O2. The van der Waals surface area contributed by atoms with Gasteiger partial charge in [0.05, 0.1) is 5.56 Å². The number of benzene rings is 1. The maximum Gasteiger partial charge on any atom is 0.416 e. The Kier molecular flexibility index (Phi) is 4.73. The molecule has 1 aromatic rings. The summed E-state index contributed by atoms with van der Waals surface area (Å²) < 4.78 is 39.7. The van der Waals surface area contributed by atoms with Crippen LogP contribution in [-0.2, 0) is 11.0 Å². The summed E-state index contributed by atoms with van der Waals surface area (Å²) in [4.78, 5) is 27.4. The van der Waals surface area contributed by atoms with E-state index >= 15 is 0 Å². The van der Waals surface area contributed by atoms with E-state index in [0.717, 1.165) is 12.1 Å². The second-order valence-corrected chi connectivity index (χ2v) is 6.54. The normalized spacial score (nSPS) is 19.6. The van der Waals surface area contributed by atoms with Gasteiger partial charge >= 0.3 is 6.18 Å². The van der Waals surface area contributed by atoms with E-state index in [9.17, 15) is 22.8 Å². The molecule has 2 amide bonds. The predicted octanol–water partition coefficient (Wildman–Crippen LogP) is 2.40. The van der Waals surface area contributed by atoms with Crippen LogP contribution in [0.1, 0.15) is 41.6 Å². The third kappa shape index (κ3) is 3.78. The summed E-state index contributed by atoms with van der Waals surface area (Å²) in [5.41, 5.74) is 4.99. The van der Waals surface area contributed by atoms with Crippen LogP contribution in [0, 0.1) is 0 Å². The number of amides is 2. The van der Waals surface area contributed by atoms with Gasteiger partial charge in [-0.2, -0.15) is 13.2 Å². The summed E-state index contributed by atoms with van der Waals surface area (Å²) in [6, 6.07) is 3.20. The molecule has 0 spiro atoms. The highest BCUT2D eigenvalue weighted by atomic mass is 19.4. The first-order chi connectivity index (χ1) is 11.8. The van der Waals surface area contributed by atoms with Crippen LogP contribution in [0.5, 0.6) is 0 Å². The van der Waals surface area contributed by atoms with E-state index in [1.54, 1.807) is 0 Å². The minimum Gasteiger partial charge on any atom is -0.339 e. The molecule has 0 bridgehead atoms. The van der Waals surface area contributed by atoms with Crippen molar-refractivity contribution in [2.24, 2.45) is 5.73 Å². The van der Waals surface area contributed by atoms with Gasteiger partial charge in [0.15, 0.2) is 0 Å². The van der Waals surface area contributed by atoms with Crippen molar-refractivity contribution in [1.29, 1.82) is 0 Å². The summed E-state index contributed by atoms with van der Waals surface area (Å²) in [7, 11) is 0. The average Bonchev–Trinajstić information content (AvgIpc) is 3.00. The third-order valence-corrected chi connectivity index (χ3v) is 4.70. The van der Waals surface area contributed by atoms with Crippen molar-refractivity contribution in [3.05, 3.63) is 29.3 Å². The molecule has 136 valence electrons. The molecular weight excluding hydrogens is 335 g/mol. The second-order valence-electron chi connectivity index (χ2n) is 6.54. The zero-order chi connectivity index (χ0) is 18.2. The summed E-state index contributed by atoms with van der Waals surface area (Å²) >= 11 is 0. The first-order valence-electron chi connectivity index (χ1n) is 8.33. The van der Waals surface area contributed by atoms with Crippen molar-refractivity contribution >= 4 is 17.5 Å². The third-order valence-electron chi connectivity index (χ3n) is 4.70. The van der Waals surface area contributed by atoms with Crippen LogP contribution in [0.4, 0.5) is 18.9 Å². The van der Waals surface area contributed by atoms with Gasteiger partial charge < -0.3 is 15.5 Å². The van der Waals surface area contributed by atoms with E-state index in [4.69, 9.17) is 5.73 Å². The molecule has 1 aromatic carbocycles. The van der Waals surface area contributed by atoms with Gasteiger partial charge in [-0.05, 0) is 37.5 Å². The zero-order valence-corrected chi connectivity index (χ0v) is 13.7. The summed E-state index contributed by atoms with van der Waals surface area (Å²) in [6.45, 7) is 1.22. The Hall–Kier alpha value is -2.09. The van der Waals surface area contributed by atoms with Crippen molar-refractivity contribution in [3.8, 4) is 0 Å². The molecule has 0 aromatic heterocycles. The lowest BCUT2D eigenvalue weighted by Crippen LogP contribution is -2.43. The lowest BCUT2D eigenvalue weighted by molar-refractivity contribution is -0.137. The van der Waals surface area contributed by atoms with Crippen LogP contribution in [0.3, 0.4) is 0 Å². The predicted molar refractivity (Wildman–Crippen MR) is 86.1 cm³/mol. The Labute approximate surface area is 143 Å². The van der Waals surface area contributed by atoms with Crippen LogP contribution in [0.25, 0.3) is 0 Å². The number of carbonyl (C=O) groups is 2. The maximum atomic E-state index is 13.2. The molecule has 3 rings (SSSR count). The Morgan fingerprint density at radius 1 is 1.12 bits per heavy atom. The average molecular weight is 355 g/mol. The van der Waals surface area contributed by atoms with Crippen molar-refractivity contribution < 1.29 is 22.8 Å². The van der Waals surface area contributed by atoms with Crippen molar-refractivity contribution in [3.63, 3.8) is 0 Å². The minimum absolute atomic E-state index is 0.0170. The van der Waals surface area contributed by atoms with E-state index in [-0.39, 0.29) is 23.2 Å². The van der Waals surface area contributed by atoms with Crippen LogP contribution in [0.15, 0.2) is 18.2 Å². The van der Waals surface area contributed by atoms with E-state index in [0.29, 0.717) is 45.3 Å². The number of nitrogens with two attached hydrogens (primary N) is 1. The number of alkyl halides is 3. The molecule has 2 saturated heterocycles. The fourth-order valence-electron chi connectivity index (χ4n) is 3.26. The highest BCUT2D eigenvalue weighted by Gasteiger charge is 2.34. The highest BCUT2D eigenvalue weighted by Crippen LogP contribution is 2.34. The van der Waals surface area contributed by atoms with Crippen molar-refractivity contribution in [2.75, 3.05) is 24.5 Å². The number of carbonyl (C=O) groups excluding carboxylic acids is 2. The second kappa shape index (κ2) is 6.67. The number of hydrogen-bond donors (Lipinski definition) is 1. The van der Waals surface area contributed by atoms with Gasteiger partial charge in [0.1, 0.15) is 0 Å². The topological polar surface area (TPSA) is 66.6 Å². The van der Waals surface area contributed by atoms with Crippen molar-refractivity contribution in [2.45, 2.75) is 37.9 Å². The number of nitrogens with zero attached hydrogens (tertiary/aromatic N) is 2. The number of likely N-dealkylation sites (tertiary alicyclic amines) is 1. The van der Waals surface area contributed by atoms with Gasteiger partial charge in [-0.15, -0.1) is 0 Å². The fraction of sp³-hybridized carbons (Fsp3) is 0.529. The molecule has 0 atom stereocenters. The first kappa shape index (κ1) is 17.7. The molecule has 0 radical (unpaired) electrons. The quantitative estimate of drug-likeness (QED) is 0.886. The molecule has 25 heavy (non-hydrogen) atoms. The molecule has 0 saturated carbocycles.